The number of carbonyl (C=O) groups is 2. The summed E-state index contributed by atoms with van der Waals surface area (Å²) in [6, 6.07) is -0.316. The first-order chi connectivity index (χ1) is 13.2. The second kappa shape index (κ2) is 15.1. The van der Waals surface area contributed by atoms with Crippen molar-refractivity contribution in [3.63, 3.8) is 0 Å². The van der Waals surface area contributed by atoms with Crippen molar-refractivity contribution >= 4 is 24.2 Å². The van der Waals surface area contributed by atoms with Crippen molar-refractivity contribution in [1.29, 1.82) is 0 Å². The van der Waals surface area contributed by atoms with E-state index < -0.39 is 0 Å². The van der Waals surface area contributed by atoms with Crippen LogP contribution in [0.3, 0.4) is 0 Å². The third-order valence-electron chi connectivity index (χ3n) is 6.03. The summed E-state index contributed by atoms with van der Waals surface area (Å²) < 4.78 is 0. The summed E-state index contributed by atoms with van der Waals surface area (Å²) in [5, 5.41) is 6.33. The molecule has 0 aromatic carbocycles. The molecule has 2 rings (SSSR count). The fourth-order valence-electron chi connectivity index (χ4n) is 4.34. The van der Waals surface area contributed by atoms with E-state index in [0.717, 1.165) is 51.7 Å². The van der Waals surface area contributed by atoms with Crippen molar-refractivity contribution in [3.05, 3.63) is 0 Å². The highest BCUT2D eigenvalue weighted by Gasteiger charge is 2.37. The molecule has 0 bridgehead atoms. The molecule has 0 saturated carbocycles. The second-order valence-corrected chi connectivity index (χ2v) is 8.31. The Morgan fingerprint density at radius 2 is 1.57 bits per heavy atom. The lowest BCUT2D eigenvalue weighted by Gasteiger charge is -2.26. The van der Waals surface area contributed by atoms with Gasteiger partial charge in [0.25, 0.3) is 0 Å². The Hall–Kier alpha value is -0.810. The van der Waals surface area contributed by atoms with Crippen molar-refractivity contribution in [2.24, 2.45) is 0 Å². The van der Waals surface area contributed by atoms with Crippen LogP contribution in [0.15, 0.2) is 0 Å². The quantitative estimate of drug-likeness (QED) is 0.443. The first-order valence-electron chi connectivity index (χ1n) is 11.6. The normalized spacial score (nSPS) is 21.5. The van der Waals surface area contributed by atoms with Gasteiger partial charge in [-0.25, -0.2) is 0 Å². The van der Waals surface area contributed by atoms with Crippen LogP contribution in [0.2, 0.25) is 0 Å². The molecule has 0 aromatic heterocycles. The van der Waals surface area contributed by atoms with Gasteiger partial charge >= 0.3 is 0 Å². The standard InChI is InChI=1S/C22H41N3O2.ClH/c1-2-3-4-5-6-7-8-9-10-11-16-24-21(26)20-15-13-18-25(20)22(27)19-14-12-17-23-19;/h19-20,23H,2-18H2,1H3,(H,24,26);1H. The number of hydrogen-bond acceptors (Lipinski definition) is 3. The fourth-order valence-corrected chi connectivity index (χ4v) is 4.34. The van der Waals surface area contributed by atoms with Gasteiger partial charge in [-0.1, -0.05) is 64.7 Å². The summed E-state index contributed by atoms with van der Waals surface area (Å²) >= 11 is 0. The van der Waals surface area contributed by atoms with Crippen molar-refractivity contribution < 1.29 is 9.59 Å². The van der Waals surface area contributed by atoms with Gasteiger partial charge in [0.2, 0.25) is 11.8 Å². The number of likely N-dealkylation sites (tertiary alicyclic amines) is 1. The Kier molecular flexibility index (Phi) is 13.6. The number of nitrogens with one attached hydrogen (secondary N) is 2. The maximum Gasteiger partial charge on any atom is 0.242 e. The van der Waals surface area contributed by atoms with Gasteiger partial charge in [-0.2, -0.15) is 0 Å². The Morgan fingerprint density at radius 1 is 0.929 bits per heavy atom. The lowest BCUT2D eigenvalue weighted by Crippen LogP contribution is -2.51. The molecule has 0 aliphatic carbocycles. The molecule has 28 heavy (non-hydrogen) atoms. The molecule has 2 N–H and O–H groups in total. The van der Waals surface area contributed by atoms with E-state index in [2.05, 4.69) is 17.6 Å². The summed E-state index contributed by atoms with van der Waals surface area (Å²) in [7, 11) is 0. The smallest absolute Gasteiger partial charge is 0.242 e. The summed E-state index contributed by atoms with van der Waals surface area (Å²) in [6.45, 7) is 4.65. The molecule has 5 nitrogen and oxygen atoms in total. The van der Waals surface area contributed by atoms with E-state index in [0.29, 0.717) is 0 Å². The van der Waals surface area contributed by atoms with Gasteiger partial charge in [-0.3, -0.25) is 9.59 Å². The van der Waals surface area contributed by atoms with Crippen molar-refractivity contribution in [3.8, 4) is 0 Å². The monoisotopic (exact) mass is 415 g/mol. The SMILES string of the molecule is CCCCCCCCCCCCNC(=O)C1CCCN1C(=O)C1CCCN1.Cl. The molecule has 2 aliphatic heterocycles. The first-order valence-corrected chi connectivity index (χ1v) is 11.6. The zero-order valence-corrected chi connectivity index (χ0v) is 18.7. The summed E-state index contributed by atoms with van der Waals surface area (Å²) in [4.78, 5) is 26.9. The van der Waals surface area contributed by atoms with Crippen LogP contribution in [-0.4, -0.2) is 48.4 Å². The van der Waals surface area contributed by atoms with Crippen LogP contribution in [-0.2, 0) is 9.59 Å². The third kappa shape index (κ3) is 8.69. The van der Waals surface area contributed by atoms with Crippen LogP contribution >= 0.6 is 12.4 Å². The molecule has 2 amide bonds. The van der Waals surface area contributed by atoms with Crippen molar-refractivity contribution in [2.75, 3.05) is 19.6 Å². The fraction of sp³-hybridized carbons (Fsp3) is 0.909. The van der Waals surface area contributed by atoms with E-state index in [4.69, 9.17) is 0 Å². The Bertz CT molecular complexity index is 441. The van der Waals surface area contributed by atoms with Gasteiger partial charge < -0.3 is 15.5 Å². The zero-order valence-electron chi connectivity index (χ0n) is 17.8. The molecule has 2 fully saturated rings. The average Bonchev–Trinajstić information content (AvgIpc) is 3.37. The highest BCUT2D eigenvalue weighted by Crippen LogP contribution is 2.21. The van der Waals surface area contributed by atoms with Crippen LogP contribution in [0.25, 0.3) is 0 Å². The topological polar surface area (TPSA) is 61.4 Å². The molecule has 6 heteroatoms. The predicted molar refractivity (Wildman–Crippen MR) is 118 cm³/mol. The maximum absolute atomic E-state index is 12.6. The highest BCUT2D eigenvalue weighted by atomic mass is 35.5. The minimum atomic E-state index is -0.247. The second-order valence-electron chi connectivity index (χ2n) is 8.31. The van der Waals surface area contributed by atoms with Crippen LogP contribution in [0, 0.1) is 0 Å². The minimum absolute atomic E-state index is 0. The molecule has 164 valence electrons. The van der Waals surface area contributed by atoms with E-state index in [1.807, 2.05) is 4.90 Å². The zero-order chi connectivity index (χ0) is 19.3. The van der Waals surface area contributed by atoms with Gasteiger partial charge in [0, 0.05) is 13.1 Å². The molecule has 2 heterocycles. The number of rotatable bonds is 13. The van der Waals surface area contributed by atoms with Gasteiger partial charge in [0.1, 0.15) is 6.04 Å². The lowest BCUT2D eigenvalue weighted by molar-refractivity contribution is -0.139. The van der Waals surface area contributed by atoms with E-state index >= 15 is 0 Å². The molecule has 0 aromatic rings. The largest absolute Gasteiger partial charge is 0.354 e. The van der Waals surface area contributed by atoms with Gasteiger partial charge in [0.05, 0.1) is 6.04 Å². The van der Waals surface area contributed by atoms with E-state index in [-0.39, 0.29) is 36.3 Å². The molecule has 2 aliphatic rings. The molecule has 0 spiro atoms. The number of hydrogen-bond donors (Lipinski definition) is 2. The lowest BCUT2D eigenvalue weighted by atomic mass is 10.1. The van der Waals surface area contributed by atoms with Crippen molar-refractivity contribution in [2.45, 2.75) is 109 Å². The Labute approximate surface area is 178 Å². The van der Waals surface area contributed by atoms with E-state index in [1.54, 1.807) is 0 Å². The number of nitrogens with zero attached hydrogens (tertiary/aromatic N) is 1. The van der Waals surface area contributed by atoms with Crippen LogP contribution in [0.1, 0.15) is 96.8 Å². The predicted octanol–water partition coefficient (Wildman–Crippen LogP) is 4.19. The van der Waals surface area contributed by atoms with Gasteiger partial charge in [-0.05, 0) is 38.6 Å². The Balaban J connectivity index is 0.00000392. The van der Waals surface area contributed by atoms with Crippen LogP contribution < -0.4 is 10.6 Å². The first kappa shape index (κ1) is 25.2. The molecule has 2 unspecified atom stereocenters. The molecule has 2 atom stereocenters. The molecular formula is C22H42ClN3O2. The van der Waals surface area contributed by atoms with Gasteiger partial charge in [-0.15, -0.1) is 12.4 Å². The minimum Gasteiger partial charge on any atom is -0.354 e. The highest BCUT2D eigenvalue weighted by molar-refractivity contribution is 5.90. The molecule has 0 radical (unpaired) electrons. The van der Waals surface area contributed by atoms with Crippen molar-refractivity contribution in [1.82, 2.24) is 15.5 Å². The average molecular weight is 416 g/mol. The third-order valence-corrected chi connectivity index (χ3v) is 6.03. The van der Waals surface area contributed by atoms with E-state index in [9.17, 15) is 9.59 Å². The maximum atomic E-state index is 12.6. The number of amides is 2. The summed E-state index contributed by atoms with van der Waals surface area (Å²) in [5.41, 5.74) is 0. The Morgan fingerprint density at radius 3 is 2.18 bits per heavy atom. The molecular weight excluding hydrogens is 374 g/mol. The van der Waals surface area contributed by atoms with E-state index in [1.165, 1.54) is 57.8 Å². The van der Waals surface area contributed by atoms with Crippen LogP contribution in [0.5, 0.6) is 0 Å². The summed E-state index contributed by atoms with van der Waals surface area (Å²) in [5.74, 6) is 0.179. The number of carbonyl (C=O) groups excluding carboxylic acids is 2. The number of halogens is 1. The number of unbranched alkanes of at least 4 members (excludes halogenated alkanes) is 9. The van der Waals surface area contributed by atoms with Gasteiger partial charge in [0.15, 0.2) is 0 Å². The summed E-state index contributed by atoms with van der Waals surface area (Å²) in [6.07, 6.45) is 16.7. The van der Waals surface area contributed by atoms with Crippen LogP contribution in [0.4, 0.5) is 0 Å². The molecule has 2 saturated heterocycles.